The molecule has 2 heteroatoms. The Labute approximate surface area is 37.9 Å². The minimum Gasteiger partial charge on any atom is -0.465 e. The molecule has 0 spiro atoms. The van der Waals surface area contributed by atoms with Crippen LogP contribution in [0.15, 0.2) is 0 Å². The van der Waals surface area contributed by atoms with Gasteiger partial charge in [0.2, 0.25) is 0 Å². The van der Waals surface area contributed by atoms with Crippen LogP contribution < -0.4 is 10.6 Å². The van der Waals surface area contributed by atoms with Crippen LogP contribution in [-0.4, -0.2) is 19.1 Å². The van der Waals surface area contributed by atoms with Crippen molar-refractivity contribution in [2.45, 2.75) is 6.04 Å². The molecule has 1 saturated heterocycles. The third kappa shape index (κ3) is 0.533. The molecule has 1 heterocycles. The van der Waals surface area contributed by atoms with Crippen molar-refractivity contribution in [2.24, 2.45) is 5.73 Å². The second-order valence-corrected chi connectivity index (χ2v) is 1.92. The van der Waals surface area contributed by atoms with E-state index in [0.717, 1.165) is 13.1 Å². The molecule has 0 radical (unpaired) electrons. The third-order valence-corrected chi connectivity index (χ3v) is 1.10. The van der Waals surface area contributed by atoms with Crippen LogP contribution in [-0.2, 0) is 0 Å². The summed E-state index contributed by atoms with van der Waals surface area (Å²) in [4.78, 5) is 1.31. The standard InChI is InChI=1S/C4H10N2/c1-6-2-4(5)3-6/h4,6H,1-3,5H2. The van der Waals surface area contributed by atoms with Gasteiger partial charge in [0.15, 0.2) is 0 Å². The topological polar surface area (TPSA) is 30.5 Å². The van der Waals surface area contributed by atoms with Gasteiger partial charge in [0.05, 0.1) is 19.1 Å². The molecule has 0 aromatic carbocycles. The van der Waals surface area contributed by atoms with Gasteiger partial charge in [-0.15, -0.1) is 0 Å². The summed E-state index contributed by atoms with van der Waals surface area (Å²) in [5.41, 5.74) is 5.41. The first kappa shape index (κ1) is 4.09. The first-order chi connectivity index (χ1) is 2.79. The monoisotopic (exact) mass is 86.1 g/mol. The van der Waals surface area contributed by atoms with E-state index in [4.69, 9.17) is 5.73 Å². The molecule has 1 aliphatic heterocycles. The fourth-order valence-corrected chi connectivity index (χ4v) is 0.682. The molecular formula is C4H10N2. The molecule has 0 atom stereocenters. The first-order valence-electron chi connectivity index (χ1n) is 2.21. The van der Waals surface area contributed by atoms with Gasteiger partial charge < -0.3 is 10.6 Å². The highest BCUT2D eigenvalue weighted by Crippen LogP contribution is 1.73. The highest BCUT2D eigenvalue weighted by Gasteiger charge is 2.18. The van der Waals surface area contributed by atoms with Crippen molar-refractivity contribution in [1.29, 1.82) is 0 Å². The van der Waals surface area contributed by atoms with Gasteiger partial charge in [-0.25, -0.2) is 0 Å². The SMILES string of the molecule is [CH2-][NH+]1CC(N)C1. The van der Waals surface area contributed by atoms with E-state index in [1.807, 2.05) is 0 Å². The van der Waals surface area contributed by atoms with Crippen LogP contribution in [0.5, 0.6) is 0 Å². The lowest BCUT2D eigenvalue weighted by Crippen LogP contribution is -3.18. The van der Waals surface area contributed by atoms with E-state index < -0.39 is 0 Å². The normalized spacial score (nSPS) is 45.0. The van der Waals surface area contributed by atoms with E-state index in [0.29, 0.717) is 6.04 Å². The molecule has 0 bridgehead atoms. The van der Waals surface area contributed by atoms with Crippen LogP contribution in [0, 0.1) is 7.05 Å². The number of quaternary nitrogens is 1. The van der Waals surface area contributed by atoms with Crippen LogP contribution in [0.2, 0.25) is 0 Å². The van der Waals surface area contributed by atoms with Crippen molar-refractivity contribution in [3.63, 3.8) is 0 Å². The van der Waals surface area contributed by atoms with Crippen LogP contribution in [0.4, 0.5) is 0 Å². The first-order valence-corrected chi connectivity index (χ1v) is 2.21. The molecule has 0 aromatic rings. The predicted octanol–water partition coefficient (Wildman–Crippen LogP) is -2.00. The molecule has 1 rings (SSSR count). The highest BCUT2D eigenvalue weighted by molar-refractivity contribution is 4.63. The molecule has 1 aliphatic rings. The highest BCUT2D eigenvalue weighted by atomic mass is 15.2. The van der Waals surface area contributed by atoms with Crippen molar-refractivity contribution < 1.29 is 4.90 Å². The molecule has 1 fully saturated rings. The zero-order valence-electron chi connectivity index (χ0n) is 3.78. The molecular weight excluding hydrogens is 76.1 g/mol. The molecule has 0 aromatic heterocycles. The maximum atomic E-state index is 5.41. The van der Waals surface area contributed by atoms with E-state index in [9.17, 15) is 0 Å². The largest absolute Gasteiger partial charge is 0.465 e. The number of hydrogen-bond acceptors (Lipinski definition) is 1. The lowest BCUT2D eigenvalue weighted by molar-refractivity contribution is -0.897. The van der Waals surface area contributed by atoms with Gasteiger partial charge in [0.1, 0.15) is 0 Å². The van der Waals surface area contributed by atoms with Gasteiger partial charge in [-0.2, -0.15) is 7.05 Å². The van der Waals surface area contributed by atoms with Gasteiger partial charge >= 0.3 is 0 Å². The molecule has 36 valence electrons. The Morgan fingerprint density at radius 2 is 2.17 bits per heavy atom. The molecule has 0 amide bonds. The Kier molecular flexibility index (Phi) is 0.821. The number of hydrogen-bond donors (Lipinski definition) is 2. The summed E-state index contributed by atoms with van der Waals surface area (Å²) >= 11 is 0. The second-order valence-electron chi connectivity index (χ2n) is 1.92. The number of nitrogens with two attached hydrogens (primary N) is 1. The number of nitrogens with one attached hydrogen (secondary N) is 1. The zero-order chi connectivity index (χ0) is 4.57. The minimum absolute atomic E-state index is 0.442. The van der Waals surface area contributed by atoms with Gasteiger partial charge in [0, 0.05) is 0 Å². The van der Waals surface area contributed by atoms with Crippen molar-refractivity contribution in [2.75, 3.05) is 13.1 Å². The molecule has 0 unspecified atom stereocenters. The molecule has 6 heavy (non-hydrogen) atoms. The van der Waals surface area contributed by atoms with E-state index in [2.05, 4.69) is 7.05 Å². The summed E-state index contributed by atoms with van der Waals surface area (Å²) < 4.78 is 0. The van der Waals surface area contributed by atoms with Crippen LogP contribution in [0.25, 0.3) is 0 Å². The second kappa shape index (κ2) is 1.21. The summed E-state index contributed by atoms with van der Waals surface area (Å²) in [7, 11) is 3.73. The zero-order valence-corrected chi connectivity index (χ0v) is 3.78. The summed E-state index contributed by atoms with van der Waals surface area (Å²) in [5.74, 6) is 0. The van der Waals surface area contributed by atoms with Crippen molar-refractivity contribution in [1.82, 2.24) is 0 Å². The average molecular weight is 86.1 g/mol. The van der Waals surface area contributed by atoms with Gasteiger partial charge in [-0.1, -0.05) is 0 Å². The maximum Gasteiger partial charge on any atom is 0.0993 e. The van der Waals surface area contributed by atoms with Crippen LogP contribution >= 0.6 is 0 Å². The average Bonchev–Trinajstić information content (AvgIpc) is 1.33. The summed E-state index contributed by atoms with van der Waals surface area (Å²) in [6.07, 6.45) is 0. The maximum absolute atomic E-state index is 5.41. The van der Waals surface area contributed by atoms with Gasteiger partial charge in [0.25, 0.3) is 0 Å². The molecule has 3 N–H and O–H groups in total. The molecule has 2 nitrogen and oxygen atoms in total. The lowest BCUT2D eigenvalue weighted by Gasteiger charge is -2.35. The summed E-state index contributed by atoms with van der Waals surface area (Å²) in [5, 5.41) is 0. The van der Waals surface area contributed by atoms with E-state index in [1.165, 1.54) is 4.90 Å². The smallest absolute Gasteiger partial charge is 0.0993 e. The molecule has 0 aliphatic carbocycles. The Morgan fingerprint density at radius 3 is 2.17 bits per heavy atom. The Morgan fingerprint density at radius 1 is 1.67 bits per heavy atom. The Bertz CT molecular complexity index is 41.5. The van der Waals surface area contributed by atoms with Gasteiger partial charge in [-0.05, 0) is 0 Å². The summed E-state index contributed by atoms with van der Waals surface area (Å²) in [6.45, 7) is 2.11. The van der Waals surface area contributed by atoms with Crippen LogP contribution in [0.3, 0.4) is 0 Å². The quantitative estimate of drug-likeness (QED) is 0.328. The van der Waals surface area contributed by atoms with E-state index in [1.54, 1.807) is 0 Å². The predicted molar refractivity (Wildman–Crippen MR) is 24.0 cm³/mol. The van der Waals surface area contributed by atoms with Crippen molar-refractivity contribution >= 4 is 0 Å². The van der Waals surface area contributed by atoms with E-state index in [-0.39, 0.29) is 0 Å². The Hall–Kier alpha value is -0.0800. The third-order valence-electron chi connectivity index (χ3n) is 1.10. The fraction of sp³-hybridized carbons (Fsp3) is 0.750. The lowest BCUT2D eigenvalue weighted by atomic mass is 10.2. The number of likely N-dealkylation sites (tertiary alicyclic amines) is 1. The van der Waals surface area contributed by atoms with E-state index >= 15 is 0 Å². The van der Waals surface area contributed by atoms with Gasteiger partial charge in [-0.3, -0.25) is 0 Å². The van der Waals surface area contributed by atoms with Crippen molar-refractivity contribution in [3.8, 4) is 0 Å². The summed E-state index contributed by atoms with van der Waals surface area (Å²) in [6, 6.07) is 0.442. The molecule has 0 saturated carbocycles. The Balaban J connectivity index is 2.11. The number of rotatable bonds is 0. The van der Waals surface area contributed by atoms with Crippen molar-refractivity contribution in [3.05, 3.63) is 7.05 Å². The minimum atomic E-state index is 0.442. The van der Waals surface area contributed by atoms with Crippen LogP contribution in [0.1, 0.15) is 0 Å². The fourth-order valence-electron chi connectivity index (χ4n) is 0.682.